The topological polar surface area (TPSA) is 68.0 Å². The molecule has 0 amide bonds. The first-order valence-corrected chi connectivity index (χ1v) is 5.28. The van der Waals surface area contributed by atoms with Crippen LogP contribution in [0.2, 0.25) is 0 Å². The Balaban J connectivity index is 2.23. The normalized spacial score (nSPS) is 12.3. The molecule has 0 saturated carbocycles. The molecule has 0 aliphatic carbocycles. The largest absolute Gasteiger partial charge is 0.481 e. The summed E-state index contributed by atoms with van der Waals surface area (Å²) in [5.74, 6) is -1.46. The van der Waals surface area contributed by atoms with Crippen molar-refractivity contribution < 1.29 is 9.90 Å². The first kappa shape index (κ1) is 11.3. The predicted octanol–water partition coefficient (Wildman–Crippen LogP) is 1.45. The van der Waals surface area contributed by atoms with E-state index >= 15 is 0 Å². The van der Waals surface area contributed by atoms with Crippen LogP contribution >= 0.6 is 0 Å². The number of nitrogens with zero attached hydrogens (tertiary/aromatic N) is 3. The molecule has 1 atom stereocenters. The Morgan fingerprint density at radius 2 is 2.12 bits per heavy atom. The second-order valence-electron chi connectivity index (χ2n) is 3.92. The number of hydrogen-bond acceptors (Lipinski definition) is 3. The van der Waals surface area contributed by atoms with Gasteiger partial charge in [0.2, 0.25) is 0 Å². The minimum atomic E-state index is -0.857. The molecule has 0 fully saturated rings. The van der Waals surface area contributed by atoms with E-state index in [2.05, 4.69) is 10.1 Å². The second kappa shape index (κ2) is 4.78. The summed E-state index contributed by atoms with van der Waals surface area (Å²) in [6.45, 7) is 2.26. The lowest BCUT2D eigenvalue weighted by molar-refractivity contribution is -0.139. The standard InChI is InChI=1S/C12H13N3O2/c1-9-2-4-10(5-3-9)11(12(16)17)6-15-8-13-7-14-15/h2-5,7-8,11H,6H2,1H3,(H,16,17). The number of aromatic nitrogens is 3. The van der Waals surface area contributed by atoms with Gasteiger partial charge in [-0.3, -0.25) is 9.48 Å². The molecule has 2 aromatic rings. The predicted molar refractivity (Wildman–Crippen MR) is 61.6 cm³/mol. The quantitative estimate of drug-likeness (QED) is 0.864. The van der Waals surface area contributed by atoms with Gasteiger partial charge in [-0.1, -0.05) is 29.8 Å². The van der Waals surface area contributed by atoms with Crippen molar-refractivity contribution in [2.24, 2.45) is 0 Å². The highest BCUT2D eigenvalue weighted by atomic mass is 16.4. The third-order valence-corrected chi connectivity index (χ3v) is 2.61. The van der Waals surface area contributed by atoms with Crippen LogP contribution in [0.25, 0.3) is 0 Å². The average molecular weight is 231 g/mol. The van der Waals surface area contributed by atoms with E-state index in [4.69, 9.17) is 0 Å². The molecule has 1 unspecified atom stereocenters. The van der Waals surface area contributed by atoms with Gasteiger partial charge in [-0.25, -0.2) is 4.98 Å². The van der Waals surface area contributed by atoms with Crippen molar-refractivity contribution in [3.8, 4) is 0 Å². The lowest BCUT2D eigenvalue weighted by Gasteiger charge is -2.12. The van der Waals surface area contributed by atoms with Gasteiger partial charge in [-0.2, -0.15) is 5.10 Å². The zero-order valence-electron chi connectivity index (χ0n) is 9.45. The third kappa shape index (κ3) is 2.69. The third-order valence-electron chi connectivity index (χ3n) is 2.61. The van der Waals surface area contributed by atoms with E-state index < -0.39 is 11.9 Å². The molecule has 88 valence electrons. The van der Waals surface area contributed by atoms with Gasteiger partial charge >= 0.3 is 5.97 Å². The number of aryl methyl sites for hydroxylation is 1. The first-order chi connectivity index (χ1) is 8.16. The van der Waals surface area contributed by atoms with E-state index in [9.17, 15) is 9.90 Å². The summed E-state index contributed by atoms with van der Waals surface area (Å²) < 4.78 is 1.53. The molecule has 17 heavy (non-hydrogen) atoms. The summed E-state index contributed by atoms with van der Waals surface area (Å²) >= 11 is 0. The van der Waals surface area contributed by atoms with Gasteiger partial charge in [0, 0.05) is 0 Å². The smallest absolute Gasteiger partial charge is 0.312 e. The summed E-state index contributed by atoms with van der Waals surface area (Å²) in [5, 5.41) is 13.2. The van der Waals surface area contributed by atoms with E-state index in [1.807, 2.05) is 31.2 Å². The van der Waals surface area contributed by atoms with Crippen LogP contribution in [0.1, 0.15) is 17.0 Å². The molecular weight excluding hydrogens is 218 g/mol. The number of rotatable bonds is 4. The maximum absolute atomic E-state index is 11.2. The van der Waals surface area contributed by atoms with E-state index in [0.717, 1.165) is 11.1 Å². The second-order valence-corrected chi connectivity index (χ2v) is 3.92. The minimum absolute atomic E-state index is 0.290. The van der Waals surface area contributed by atoms with Gasteiger partial charge in [-0.15, -0.1) is 0 Å². The first-order valence-electron chi connectivity index (χ1n) is 5.28. The number of carboxylic acid groups (broad SMARTS) is 1. The molecule has 0 saturated heterocycles. The van der Waals surface area contributed by atoms with Crippen LogP contribution in [0, 0.1) is 6.92 Å². The zero-order chi connectivity index (χ0) is 12.3. The van der Waals surface area contributed by atoms with E-state index in [1.54, 1.807) is 0 Å². The van der Waals surface area contributed by atoms with Crippen molar-refractivity contribution in [3.05, 3.63) is 48.0 Å². The Morgan fingerprint density at radius 1 is 1.41 bits per heavy atom. The van der Waals surface area contributed by atoms with Gasteiger partial charge in [0.05, 0.1) is 6.54 Å². The van der Waals surface area contributed by atoms with Crippen LogP contribution in [-0.2, 0) is 11.3 Å². The van der Waals surface area contributed by atoms with E-state index in [-0.39, 0.29) is 0 Å². The highest BCUT2D eigenvalue weighted by Gasteiger charge is 2.20. The van der Waals surface area contributed by atoms with Crippen LogP contribution in [0.3, 0.4) is 0 Å². The highest BCUT2D eigenvalue weighted by molar-refractivity contribution is 5.75. The van der Waals surface area contributed by atoms with Crippen molar-refractivity contribution >= 4 is 5.97 Å². The lowest BCUT2D eigenvalue weighted by Crippen LogP contribution is -2.18. The summed E-state index contributed by atoms with van der Waals surface area (Å²) in [7, 11) is 0. The van der Waals surface area contributed by atoms with Gasteiger partial charge < -0.3 is 5.11 Å². The molecular formula is C12H13N3O2. The number of aliphatic carboxylic acids is 1. The Labute approximate surface area is 98.7 Å². The molecule has 2 rings (SSSR count). The molecule has 1 N–H and O–H groups in total. The van der Waals surface area contributed by atoms with Crippen molar-refractivity contribution in [1.29, 1.82) is 0 Å². The number of hydrogen-bond donors (Lipinski definition) is 1. The van der Waals surface area contributed by atoms with Crippen LogP contribution in [0.5, 0.6) is 0 Å². The maximum atomic E-state index is 11.2. The average Bonchev–Trinajstić information content (AvgIpc) is 2.80. The van der Waals surface area contributed by atoms with Crippen LogP contribution < -0.4 is 0 Å². The fourth-order valence-electron chi connectivity index (χ4n) is 1.64. The Morgan fingerprint density at radius 3 is 2.65 bits per heavy atom. The molecule has 0 aliphatic heterocycles. The molecule has 0 bridgehead atoms. The Kier molecular flexibility index (Phi) is 3.18. The Bertz CT molecular complexity index is 491. The molecule has 5 nitrogen and oxygen atoms in total. The number of carbonyl (C=O) groups is 1. The van der Waals surface area contributed by atoms with Crippen molar-refractivity contribution in [2.45, 2.75) is 19.4 Å². The highest BCUT2D eigenvalue weighted by Crippen LogP contribution is 2.18. The molecule has 0 spiro atoms. The van der Waals surface area contributed by atoms with Crippen molar-refractivity contribution in [2.75, 3.05) is 0 Å². The number of carboxylic acids is 1. The summed E-state index contributed by atoms with van der Waals surface area (Å²) in [6, 6.07) is 7.50. The van der Waals surface area contributed by atoms with Gasteiger partial charge in [0.15, 0.2) is 0 Å². The van der Waals surface area contributed by atoms with Crippen LogP contribution in [0.4, 0.5) is 0 Å². The molecule has 1 aromatic carbocycles. The summed E-state index contributed by atoms with van der Waals surface area (Å²) in [5.41, 5.74) is 1.89. The van der Waals surface area contributed by atoms with Gasteiger partial charge in [-0.05, 0) is 12.5 Å². The summed E-state index contributed by atoms with van der Waals surface area (Å²) in [6.07, 6.45) is 2.91. The Hall–Kier alpha value is -2.17. The fraction of sp³-hybridized carbons (Fsp3) is 0.250. The van der Waals surface area contributed by atoms with E-state index in [1.165, 1.54) is 17.3 Å². The minimum Gasteiger partial charge on any atom is -0.481 e. The molecule has 5 heteroatoms. The molecule has 0 aliphatic rings. The van der Waals surface area contributed by atoms with Gasteiger partial charge in [0.1, 0.15) is 18.6 Å². The molecule has 1 heterocycles. The van der Waals surface area contributed by atoms with Crippen molar-refractivity contribution in [1.82, 2.24) is 14.8 Å². The van der Waals surface area contributed by atoms with Crippen LogP contribution in [0.15, 0.2) is 36.9 Å². The SMILES string of the molecule is Cc1ccc(C(Cn2cncn2)C(=O)O)cc1. The molecule has 0 radical (unpaired) electrons. The fourth-order valence-corrected chi connectivity index (χ4v) is 1.64. The lowest BCUT2D eigenvalue weighted by atomic mass is 9.98. The van der Waals surface area contributed by atoms with Gasteiger partial charge in [0.25, 0.3) is 0 Å². The summed E-state index contributed by atoms with van der Waals surface area (Å²) in [4.78, 5) is 15.1. The van der Waals surface area contributed by atoms with Crippen LogP contribution in [-0.4, -0.2) is 25.8 Å². The van der Waals surface area contributed by atoms with Crippen molar-refractivity contribution in [3.63, 3.8) is 0 Å². The maximum Gasteiger partial charge on any atom is 0.312 e. The zero-order valence-corrected chi connectivity index (χ0v) is 9.45. The van der Waals surface area contributed by atoms with E-state index in [0.29, 0.717) is 6.54 Å². The monoisotopic (exact) mass is 231 g/mol. The number of benzene rings is 1. The molecule has 1 aromatic heterocycles.